The van der Waals surface area contributed by atoms with Gasteiger partial charge in [-0.1, -0.05) is 12.1 Å². The highest BCUT2D eigenvalue weighted by molar-refractivity contribution is 5.94. The lowest BCUT2D eigenvalue weighted by Crippen LogP contribution is -2.28. The molecule has 0 bridgehead atoms. The van der Waals surface area contributed by atoms with Gasteiger partial charge in [-0.2, -0.15) is 0 Å². The molecule has 0 aliphatic rings. The Morgan fingerprint density at radius 3 is 2.50 bits per heavy atom. The molecule has 128 valence electrons. The topological polar surface area (TPSA) is 47.6 Å². The summed E-state index contributed by atoms with van der Waals surface area (Å²) in [6.07, 6.45) is 0. The largest absolute Gasteiger partial charge is 0.494 e. The summed E-state index contributed by atoms with van der Waals surface area (Å²) < 4.78 is 11.2. The van der Waals surface area contributed by atoms with Crippen LogP contribution in [-0.2, 0) is 0 Å². The van der Waals surface area contributed by atoms with Gasteiger partial charge in [0, 0.05) is 5.56 Å². The minimum absolute atomic E-state index is 0.106. The van der Waals surface area contributed by atoms with Crippen molar-refractivity contribution >= 4 is 5.91 Å². The Balaban J connectivity index is 1.85. The SMILES string of the molecule is CCOc1ccc(C(=O)NCCOc2cccc(C)c2C)cc1C. The summed E-state index contributed by atoms with van der Waals surface area (Å²) in [5.74, 6) is 1.57. The van der Waals surface area contributed by atoms with Gasteiger partial charge in [0.1, 0.15) is 18.1 Å². The van der Waals surface area contributed by atoms with Crippen LogP contribution in [-0.4, -0.2) is 25.7 Å². The third-order valence-electron chi connectivity index (χ3n) is 3.94. The van der Waals surface area contributed by atoms with E-state index >= 15 is 0 Å². The van der Waals surface area contributed by atoms with Crippen molar-refractivity contribution in [3.05, 3.63) is 58.7 Å². The molecule has 2 aromatic carbocycles. The molecule has 0 spiro atoms. The molecule has 2 aromatic rings. The van der Waals surface area contributed by atoms with Gasteiger partial charge >= 0.3 is 0 Å². The van der Waals surface area contributed by atoms with Crippen molar-refractivity contribution in [2.75, 3.05) is 19.8 Å². The monoisotopic (exact) mass is 327 g/mol. The molecular formula is C20H25NO3. The predicted octanol–water partition coefficient (Wildman–Crippen LogP) is 3.82. The van der Waals surface area contributed by atoms with Crippen LogP contribution in [0.5, 0.6) is 11.5 Å². The molecule has 0 aliphatic carbocycles. The number of hydrogen-bond donors (Lipinski definition) is 1. The van der Waals surface area contributed by atoms with E-state index < -0.39 is 0 Å². The molecule has 1 amide bonds. The van der Waals surface area contributed by atoms with Gasteiger partial charge in [0.25, 0.3) is 5.91 Å². The highest BCUT2D eigenvalue weighted by Crippen LogP contribution is 2.20. The van der Waals surface area contributed by atoms with Crippen LogP contribution in [0.4, 0.5) is 0 Å². The molecule has 0 fully saturated rings. The second kappa shape index (κ2) is 8.39. The van der Waals surface area contributed by atoms with Crippen molar-refractivity contribution in [2.24, 2.45) is 0 Å². The quantitative estimate of drug-likeness (QED) is 0.787. The smallest absolute Gasteiger partial charge is 0.251 e. The molecule has 0 radical (unpaired) electrons. The summed E-state index contributed by atoms with van der Waals surface area (Å²) in [6.45, 7) is 9.47. The van der Waals surface area contributed by atoms with Gasteiger partial charge in [-0.15, -0.1) is 0 Å². The van der Waals surface area contributed by atoms with Crippen molar-refractivity contribution < 1.29 is 14.3 Å². The zero-order valence-corrected chi connectivity index (χ0v) is 14.8. The summed E-state index contributed by atoms with van der Waals surface area (Å²) in [7, 11) is 0. The summed E-state index contributed by atoms with van der Waals surface area (Å²) >= 11 is 0. The summed E-state index contributed by atoms with van der Waals surface area (Å²) in [5.41, 5.74) is 3.91. The van der Waals surface area contributed by atoms with Gasteiger partial charge < -0.3 is 14.8 Å². The Hall–Kier alpha value is -2.49. The van der Waals surface area contributed by atoms with Crippen LogP contribution in [0.15, 0.2) is 36.4 Å². The van der Waals surface area contributed by atoms with Crippen LogP contribution in [0.1, 0.15) is 34.0 Å². The molecule has 24 heavy (non-hydrogen) atoms. The standard InChI is InChI=1S/C20H25NO3/c1-5-23-18-10-9-17(13-15(18)3)20(22)21-11-12-24-19-8-6-7-14(2)16(19)4/h6-10,13H,5,11-12H2,1-4H3,(H,21,22). The van der Waals surface area contributed by atoms with E-state index in [2.05, 4.69) is 18.3 Å². The zero-order chi connectivity index (χ0) is 17.5. The first-order valence-electron chi connectivity index (χ1n) is 8.23. The minimum Gasteiger partial charge on any atom is -0.494 e. The van der Waals surface area contributed by atoms with Crippen molar-refractivity contribution in [3.63, 3.8) is 0 Å². The Morgan fingerprint density at radius 1 is 1.00 bits per heavy atom. The molecular weight excluding hydrogens is 302 g/mol. The molecule has 0 atom stereocenters. The Kier molecular flexibility index (Phi) is 6.24. The Labute approximate surface area is 143 Å². The average Bonchev–Trinajstić information content (AvgIpc) is 2.57. The zero-order valence-electron chi connectivity index (χ0n) is 14.8. The molecule has 0 aromatic heterocycles. The van der Waals surface area contributed by atoms with Gasteiger partial charge in [-0.05, 0) is 68.7 Å². The van der Waals surface area contributed by atoms with Crippen molar-refractivity contribution in [1.29, 1.82) is 0 Å². The lowest BCUT2D eigenvalue weighted by atomic mass is 10.1. The molecule has 2 rings (SSSR count). The normalized spacial score (nSPS) is 10.3. The van der Waals surface area contributed by atoms with Gasteiger partial charge in [0.15, 0.2) is 0 Å². The second-order valence-electron chi connectivity index (χ2n) is 5.72. The first-order valence-corrected chi connectivity index (χ1v) is 8.23. The van der Waals surface area contributed by atoms with Crippen molar-refractivity contribution in [3.8, 4) is 11.5 Å². The van der Waals surface area contributed by atoms with Gasteiger partial charge in [-0.25, -0.2) is 0 Å². The number of benzene rings is 2. The molecule has 0 heterocycles. The molecule has 0 unspecified atom stereocenters. The number of ether oxygens (including phenoxy) is 2. The van der Waals surface area contributed by atoms with Crippen LogP contribution in [0, 0.1) is 20.8 Å². The molecule has 4 nitrogen and oxygen atoms in total. The number of rotatable bonds is 7. The number of nitrogens with one attached hydrogen (secondary N) is 1. The van der Waals surface area contributed by atoms with E-state index in [0.717, 1.165) is 22.6 Å². The maximum absolute atomic E-state index is 12.2. The highest BCUT2D eigenvalue weighted by Gasteiger charge is 2.08. The van der Waals surface area contributed by atoms with E-state index in [4.69, 9.17) is 9.47 Å². The molecule has 0 saturated heterocycles. The van der Waals surface area contributed by atoms with Crippen LogP contribution >= 0.6 is 0 Å². The first-order chi connectivity index (χ1) is 11.5. The van der Waals surface area contributed by atoms with Gasteiger partial charge in [0.2, 0.25) is 0 Å². The van der Waals surface area contributed by atoms with Crippen LogP contribution in [0.25, 0.3) is 0 Å². The number of hydrogen-bond acceptors (Lipinski definition) is 3. The van der Waals surface area contributed by atoms with E-state index in [9.17, 15) is 4.79 Å². The number of aryl methyl sites for hydroxylation is 2. The Morgan fingerprint density at radius 2 is 1.79 bits per heavy atom. The fourth-order valence-electron chi connectivity index (χ4n) is 2.42. The van der Waals surface area contributed by atoms with Gasteiger partial charge in [-0.3, -0.25) is 4.79 Å². The van der Waals surface area contributed by atoms with Crippen LogP contribution in [0.3, 0.4) is 0 Å². The Bertz CT molecular complexity index is 710. The average molecular weight is 327 g/mol. The first kappa shape index (κ1) is 17.9. The fourth-order valence-corrected chi connectivity index (χ4v) is 2.42. The maximum Gasteiger partial charge on any atom is 0.251 e. The number of amides is 1. The van der Waals surface area contributed by atoms with Crippen LogP contribution in [0.2, 0.25) is 0 Å². The molecule has 0 saturated carbocycles. The minimum atomic E-state index is -0.106. The highest BCUT2D eigenvalue weighted by atomic mass is 16.5. The van der Waals surface area contributed by atoms with Crippen molar-refractivity contribution in [1.82, 2.24) is 5.32 Å². The van der Waals surface area contributed by atoms with E-state index in [0.29, 0.717) is 25.3 Å². The van der Waals surface area contributed by atoms with Crippen molar-refractivity contribution in [2.45, 2.75) is 27.7 Å². The summed E-state index contributed by atoms with van der Waals surface area (Å²) in [4.78, 5) is 12.2. The van der Waals surface area contributed by atoms with Crippen LogP contribution < -0.4 is 14.8 Å². The summed E-state index contributed by atoms with van der Waals surface area (Å²) in [5, 5.41) is 2.88. The fraction of sp³-hybridized carbons (Fsp3) is 0.350. The lowest BCUT2D eigenvalue weighted by molar-refractivity contribution is 0.0947. The maximum atomic E-state index is 12.2. The second-order valence-corrected chi connectivity index (χ2v) is 5.72. The van der Waals surface area contributed by atoms with Gasteiger partial charge in [0.05, 0.1) is 13.2 Å². The molecule has 1 N–H and O–H groups in total. The lowest BCUT2D eigenvalue weighted by Gasteiger charge is -2.12. The van der Waals surface area contributed by atoms with E-state index in [1.165, 1.54) is 5.56 Å². The predicted molar refractivity (Wildman–Crippen MR) is 96.1 cm³/mol. The number of carbonyl (C=O) groups excluding carboxylic acids is 1. The third-order valence-corrected chi connectivity index (χ3v) is 3.94. The third kappa shape index (κ3) is 4.51. The van der Waals surface area contributed by atoms with E-state index in [1.807, 2.05) is 45.0 Å². The molecule has 0 aliphatic heterocycles. The number of carbonyl (C=O) groups is 1. The van der Waals surface area contributed by atoms with E-state index in [-0.39, 0.29) is 5.91 Å². The molecule has 4 heteroatoms. The summed E-state index contributed by atoms with van der Waals surface area (Å²) in [6, 6.07) is 11.4. The van der Waals surface area contributed by atoms with E-state index in [1.54, 1.807) is 6.07 Å².